The fraction of sp³-hybridized carbons (Fsp3) is 0.269. The molecule has 1 unspecified atom stereocenters. The minimum absolute atomic E-state index is 0.0340. The average molecular weight is 493 g/mol. The van der Waals surface area contributed by atoms with Gasteiger partial charge in [-0.2, -0.15) is 0 Å². The van der Waals surface area contributed by atoms with Crippen LogP contribution in [-0.2, 0) is 7.87 Å². The van der Waals surface area contributed by atoms with Gasteiger partial charge in [-0.3, -0.25) is 0 Å². The van der Waals surface area contributed by atoms with E-state index in [9.17, 15) is 4.79 Å². The van der Waals surface area contributed by atoms with E-state index >= 15 is 0 Å². The molecule has 0 spiro atoms. The Morgan fingerprint density at radius 3 is 1.52 bits per heavy atom. The molecule has 0 aliphatic carbocycles. The summed E-state index contributed by atoms with van der Waals surface area (Å²) in [4.78, 5) is 13.4. The molecule has 3 aromatic carbocycles. The van der Waals surface area contributed by atoms with Crippen LogP contribution in [0.15, 0.2) is 91.0 Å². The van der Waals surface area contributed by atoms with Crippen molar-refractivity contribution in [3.63, 3.8) is 0 Å². The quantitative estimate of drug-likeness (QED) is 0.413. The van der Waals surface area contributed by atoms with Crippen molar-refractivity contribution in [3.05, 3.63) is 91.0 Å². The monoisotopic (exact) mass is 494 g/mol. The average Bonchev–Trinajstić information content (AvgIpc) is 2.80. The molecule has 3 rings (SSSR count). The maximum atomic E-state index is 13.4. The van der Waals surface area contributed by atoms with E-state index in [4.69, 9.17) is 3.07 Å². The van der Waals surface area contributed by atoms with Crippen LogP contribution in [0.5, 0.6) is 0 Å². The van der Waals surface area contributed by atoms with Crippen molar-refractivity contribution in [1.29, 1.82) is 0 Å². The van der Waals surface area contributed by atoms with Gasteiger partial charge in [0.2, 0.25) is 0 Å². The van der Waals surface area contributed by atoms with Crippen molar-refractivity contribution in [2.45, 2.75) is 39.5 Å². The van der Waals surface area contributed by atoms with Gasteiger partial charge in [0.1, 0.15) is 0 Å². The van der Waals surface area contributed by atoms with Gasteiger partial charge in [0.05, 0.1) is 0 Å². The summed E-state index contributed by atoms with van der Waals surface area (Å²) in [6.07, 6.45) is 3.86. The summed E-state index contributed by atoms with van der Waals surface area (Å²) in [6, 6.07) is 31.2. The Morgan fingerprint density at radius 1 is 0.759 bits per heavy atom. The van der Waals surface area contributed by atoms with Gasteiger partial charge in [0.15, 0.2) is 0 Å². The fourth-order valence-electron chi connectivity index (χ4n) is 3.87. The van der Waals surface area contributed by atoms with Crippen molar-refractivity contribution in [2.75, 3.05) is 0 Å². The van der Waals surface area contributed by atoms with E-state index in [1.54, 1.807) is 0 Å². The van der Waals surface area contributed by atoms with Gasteiger partial charge in [-0.25, -0.2) is 0 Å². The van der Waals surface area contributed by atoms with Crippen LogP contribution in [0.4, 0.5) is 0 Å². The van der Waals surface area contributed by atoms with Gasteiger partial charge in [-0.05, 0) is 0 Å². The first-order valence-corrected chi connectivity index (χ1v) is 16.1. The Hall–Kier alpha value is -2.07. The molecule has 3 aromatic rings. The van der Waals surface area contributed by atoms with Crippen molar-refractivity contribution in [1.82, 2.24) is 0 Å². The molecule has 0 fully saturated rings. The number of rotatable bonds is 9. The van der Waals surface area contributed by atoms with Crippen molar-refractivity contribution >= 4 is 35.5 Å². The first-order chi connectivity index (χ1) is 14.2. The molecular weight excluding hydrogens is 463 g/mol. The number of benzene rings is 3. The third-order valence-corrected chi connectivity index (χ3v) is 16.8. The molecule has 3 heteroatoms. The van der Waals surface area contributed by atoms with E-state index in [-0.39, 0.29) is 11.9 Å². The maximum absolute atomic E-state index is 13.4. The number of hydrogen-bond donors (Lipinski definition) is 0. The van der Waals surface area contributed by atoms with E-state index in [0.29, 0.717) is 0 Å². The van der Waals surface area contributed by atoms with Crippen LogP contribution in [0, 0.1) is 5.92 Å². The Kier molecular flexibility index (Phi) is 7.93. The number of unbranched alkanes of at least 4 members (excludes halogenated alkanes) is 1. The van der Waals surface area contributed by atoms with Crippen LogP contribution in [-0.4, -0.2) is 24.8 Å². The van der Waals surface area contributed by atoms with E-state index in [1.807, 2.05) is 18.2 Å². The third-order valence-electron chi connectivity index (χ3n) is 5.53. The Balaban J connectivity index is 2.16. The summed E-state index contributed by atoms with van der Waals surface area (Å²) in [7, 11) is 0. The first-order valence-electron chi connectivity index (χ1n) is 10.6. The molecule has 2 nitrogen and oxygen atoms in total. The zero-order chi connectivity index (χ0) is 20.5. The zero-order valence-corrected chi connectivity index (χ0v) is 20.2. The minimum atomic E-state index is -3.97. The molecule has 0 amide bonds. The molecular formula is C26H30O2Sn. The number of carbonyl (C=O) groups is 1. The second-order valence-corrected chi connectivity index (χ2v) is 16.9. The summed E-state index contributed by atoms with van der Waals surface area (Å²) in [5, 5.41) is 0. The molecule has 0 radical (unpaired) electrons. The van der Waals surface area contributed by atoms with Gasteiger partial charge < -0.3 is 0 Å². The van der Waals surface area contributed by atoms with Gasteiger partial charge in [-0.1, -0.05) is 0 Å². The van der Waals surface area contributed by atoms with E-state index in [1.165, 1.54) is 0 Å². The van der Waals surface area contributed by atoms with Crippen LogP contribution in [0.1, 0.15) is 39.5 Å². The number of carbonyl (C=O) groups excluding carboxylic acids is 1. The molecule has 150 valence electrons. The van der Waals surface area contributed by atoms with Gasteiger partial charge >= 0.3 is 180 Å². The molecule has 1 atom stereocenters. The predicted molar refractivity (Wildman–Crippen MR) is 123 cm³/mol. The van der Waals surface area contributed by atoms with Crippen molar-refractivity contribution < 1.29 is 7.87 Å². The molecule has 0 aromatic heterocycles. The molecule has 0 bridgehead atoms. The van der Waals surface area contributed by atoms with Crippen LogP contribution in [0.2, 0.25) is 0 Å². The Morgan fingerprint density at radius 2 is 1.17 bits per heavy atom. The van der Waals surface area contributed by atoms with Gasteiger partial charge in [0.25, 0.3) is 0 Å². The fourth-order valence-corrected chi connectivity index (χ4v) is 14.7. The summed E-state index contributed by atoms with van der Waals surface area (Å²) < 4.78 is 10.2. The first kappa shape index (κ1) is 21.6. The third kappa shape index (κ3) is 4.92. The molecule has 0 N–H and O–H groups in total. The molecule has 0 aliphatic rings. The van der Waals surface area contributed by atoms with Crippen LogP contribution in [0.25, 0.3) is 0 Å². The van der Waals surface area contributed by atoms with Crippen molar-refractivity contribution in [2.24, 2.45) is 5.92 Å². The standard InChI is InChI=1S/C8H16O2.3C6H5.Sn/c1-3-5-6-7(4-2)8(9)10;3*1-2-4-6-5-3-1;/h7H,3-6H2,1-2H3,(H,9,10);3*1-5H;/q;;;;+1/p-1. The zero-order valence-electron chi connectivity index (χ0n) is 17.4. The summed E-state index contributed by atoms with van der Waals surface area (Å²) in [5.41, 5.74) is 0. The molecule has 0 aliphatic heterocycles. The summed E-state index contributed by atoms with van der Waals surface area (Å²) >= 11 is -3.97. The normalized spacial score (nSPS) is 12.3. The van der Waals surface area contributed by atoms with E-state index in [2.05, 4.69) is 86.6 Å². The Labute approximate surface area is 179 Å². The SMILES string of the molecule is CCCCC(CC)C(=O)[O][Sn]([c]1ccccc1)([c]1ccccc1)[c]1ccccc1. The number of hydrogen-bond acceptors (Lipinski definition) is 2. The summed E-state index contributed by atoms with van der Waals surface area (Å²) in [5.74, 6) is -0.0736. The van der Waals surface area contributed by atoms with Crippen LogP contribution in [0.3, 0.4) is 0 Å². The van der Waals surface area contributed by atoms with E-state index < -0.39 is 18.8 Å². The van der Waals surface area contributed by atoms with Gasteiger partial charge in [0, 0.05) is 0 Å². The molecule has 29 heavy (non-hydrogen) atoms. The second-order valence-electron chi connectivity index (χ2n) is 7.45. The van der Waals surface area contributed by atoms with Crippen LogP contribution < -0.4 is 10.7 Å². The molecule has 0 saturated carbocycles. The Bertz CT molecular complexity index is 782. The van der Waals surface area contributed by atoms with Crippen LogP contribution >= 0.6 is 0 Å². The summed E-state index contributed by atoms with van der Waals surface area (Å²) in [6.45, 7) is 4.26. The van der Waals surface area contributed by atoms with E-state index in [0.717, 1.165) is 36.4 Å². The molecule has 0 heterocycles. The van der Waals surface area contributed by atoms with Crippen molar-refractivity contribution in [3.8, 4) is 0 Å². The van der Waals surface area contributed by atoms with Gasteiger partial charge in [-0.15, -0.1) is 0 Å². The molecule has 0 saturated heterocycles. The second kappa shape index (κ2) is 10.6. The topological polar surface area (TPSA) is 26.3 Å². The predicted octanol–water partition coefficient (Wildman–Crippen LogP) is 4.41.